The van der Waals surface area contributed by atoms with Gasteiger partial charge in [0.25, 0.3) is 11.8 Å². The lowest BCUT2D eigenvalue weighted by molar-refractivity contribution is -0.125. The molecule has 0 saturated carbocycles. The Hall–Kier alpha value is -3.49. The highest BCUT2D eigenvalue weighted by Gasteiger charge is 2.35. The Bertz CT molecular complexity index is 998. The van der Waals surface area contributed by atoms with E-state index in [1.54, 1.807) is 35.2 Å². The summed E-state index contributed by atoms with van der Waals surface area (Å²) in [4.78, 5) is 40.4. The van der Waals surface area contributed by atoms with Gasteiger partial charge in [0.05, 0.1) is 6.26 Å². The van der Waals surface area contributed by atoms with Crippen LogP contribution in [0.3, 0.4) is 0 Å². The third-order valence-corrected chi connectivity index (χ3v) is 6.24. The molecule has 2 aliphatic rings. The highest BCUT2D eigenvalue weighted by molar-refractivity contribution is 5.98. The average molecular weight is 456 g/mol. The minimum Gasteiger partial charge on any atom is -0.459 e. The quantitative estimate of drug-likeness (QED) is 0.664. The van der Waals surface area contributed by atoms with Gasteiger partial charge in [-0.15, -0.1) is 0 Å². The molecule has 2 aromatic rings. The molecule has 2 aliphatic heterocycles. The number of carbonyl (C=O) groups excluding carboxylic acids is 3. The van der Waals surface area contributed by atoms with Crippen LogP contribution in [0.1, 0.15) is 54.0 Å². The van der Waals surface area contributed by atoms with Crippen LogP contribution < -0.4 is 20.1 Å². The number of rotatable bonds is 7. The summed E-state index contributed by atoms with van der Waals surface area (Å²) < 4.78 is 15.9. The van der Waals surface area contributed by atoms with E-state index >= 15 is 0 Å². The molecule has 3 heterocycles. The van der Waals surface area contributed by atoms with Crippen LogP contribution in [0.25, 0.3) is 0 Å². The van der Waals surface area contributed by atoms with Crippen molar-refractivity contribution in [2.24, 2.45) is 5.92 Å². The number of piperidine rings is 1. The standard InChI is InChI=1S/C24H29N3O6/c1-3-15(2)25-23(29)21(26-22(28)17-6-7-18-20(13-17)33-14-32-18)16-8-10-27(11-9-16)24(30)19-5-4-12-31-19/h4-7,12-13,15-16,21H,3,8-11,14H2,1-2H3,(H,25,29)(H,26,28). The largest absolute Gasteiger partial charge is 0.459 e. The highest BCUT2D eigenvalue weighted by Crippen LogP contribution is 2.32. The summed E-state index contributed by atoms with van der Waals surface area (Å²) in [6.45, 7) is 5.01. The maximum atomic E-state index is 13.1. The van der Waals surface area contributed by atoms with Gasteiger partial charge in [-0.1, -0.05) is 6.92 Å². The van der Waals surface area contributed by atoms with Crippen LogP contribution in [-0.2, 0) is 4.79 Å². The van der Waals surface area contributed by atoms with Gasteiger partial charge in [-0.3, -0.25) is 14.4 Å². The fraction of sp³-hybridized carbons (Fsp3) is 0.458. The SMILES string of the molecule is CCC(C)NC(=O)C(NC(=O)c1ccc2c(c1)OCO2)C1CCN(C(=O)c2ccco2)CC1. The molecule has 9 heteroatoms. The first-order valence-corrected chi connectivity index (χ1v) is 11.3. The number of benzene rings is 1. The first kappa shape index (κ1) is 22.7. The number of furan rings is 1. The molecule has 33 heavy (non-hydrogen) atoms. The smallest absolute Gasteiger partial charge is 0.289 e. The van der Waals surface area contributed by atoms with E-state index in [4.69, 9.17) is 13.9 Å². The summed E-state index contributed by atoms with van der Waals surface area (Å²) in [7, 11) is 0. The third kappa shape index (κ3) is 5.13. The molecule has 9 nitrogen and oxygen atoms in total. The van der Waals surface area contributed by atoms with Gasteiger partial charge in [-0.2, -0.15) is 0 Å². The molecule has 3 amide bonds. The Balaban J connectivity index is 1.45. The number of fused-ring (bicyclic) bond motifs is 1. The lowest BCUT2D eigenvalue weighted by Crippen LogP contribution is -2.55. The second-order valence-electron chi connectivity index (χ2n) is 8.44. The van der Waals surface area contributed by atoms with E-state index in [1.807, 2.05) is 13.8 Å². The molecule has 1 saturated heterocycles. The second kappa shape index (κ2) is 9.97. The summed E-state index contributed by atoms with van der Waals surface area (Å²) >= 11 is 0. The van der Waals surface area contributed by atoms with Crippen LogP contribution in [-0.4, -0.2) is 54.6 Å². The molecule has 1 fully saturated rings. The molecule has 4 rings (SSSR count). The molecular formula is C24H29N3O6. The zero-order valence-electron chi connectivity index (χ0n) is 18.8. The molecule has 1 aromatic carbocycles. The first-order valence-electron chi connectivity index (χ1n) is 11.3. The van der Waals surface area contributed by atoms with Gasteiger partial charge in [0.2, 0.25) is 12.7 Å². The van der Waals surface area contributed by atoms with Crippen molar-refractivity contribution in [2.75, 3.05) is 19.9 Å². The van der Waals surface area contributed by atoms with E-state index in [-0.39, 0.29) is 36.5 Å². The van der Waals surface area contributed by atoms with Gasteiger partial charge in [0.1, 0.15) is 6.04 Å². The van der Waals surface area contributed by atoms with Crippen LogP contribution in [0.5, 0.6) is 11.5 Å². The van der Waals surface area contributed by atoms with Crippen molar-refractivity contribution < 1.29 is 28.3 Å². The zero-order valence-corrected chi connectivity index (χ0v) is 18.8. The number of likely N-dealkylation sites (tertiary alicyclic amines) is 1. The second-order valence-corrected chi connectivity index (χ2v) is 8.44. The van der Waals surface area contributed by atoms with Gasteiger partial charge in [-0.25, -0.2) is 0 Å². The molecule has 0 spiro atoms. The van der Waals surface area contributed by atoms with Crippen molar-refractivity contribution in [1.82, 2.24) is 15.5 Å². The lowest BCUT2D eigenvalue weighted by atomic mass is 9.88. The van der Waals surface area contributed by atoms with E-state index in [0.29, 0.717) is 48.8 Å². The summed E-state index contributed by atoms with van der Waals surface area (Å²) in [5.74, 6) is 0.562. The van der Waals surface area contributed by atoms with Crippen molar-refractivity contribution in [3.8, 4) is 11.5 Å². The topological polar surface area (TPSA) is 110 Å². The van der Waals surface area contributed by atoms with Gasteiger partial charge in [-0.05, 0) is 62.4 Å². The normalized spacial score (nSPS) is 17.3. The van der Waals surface area contributed by atoms with E-state index in [9.17, 15) is 14.4 Å². The molecule has 2 N–H and O–H groups in total. The van der Waals surface area contributed by atoms with E-state index in [2.05, 4.69) is 10.6 Å². The average Bonchev–Trinajstić information content (AvgIpc) is 3.53. The highest BCUT2D eigenvalue weighted by atomic mass is 16.7. The van der Waals surface area contributed by atoms with Crippen LogP contribution in [0.15, 0.2) is 41.0 Å². The molecular weight excluding hydrogens is 426 g/mol. The Kier molecular flexibility index (Phi) is 6.86. The molecule has 0 aliphatic carbocycles. The number of nitrogens with one attached hydrogen (secondary N) is 2. The Labute approximate surface area is 192 Å². The number of ether oxygens (including phenoxy) is 2. The molecule has 0 radical (unpaired) electrons. The van der Waals surface area contributed by atoms with Gasteiger partial charge in [0.15, 0.2) is 17.3 Å². The number of hydrogen-bond donors (Lipinski definition) is 2. The Morgan fingerprint density at radius 2 is 1.85 bits per heavy atom. The summed E-state index contributed by atoms with van der Waals surface area (Å²) in [6, 6.07) is 7.55. The molecule has 2 unspecified atom stereocenters. The van der Waals surface area contributed by atoms with Crippen LogP contribution in [0, 0.1) is 5.92 Å². The minimum atomic E-state index is -0.710. The van der Waals surface area contributed by atoms with E-state index in [1.165, 1.54) is 6.26 Å². The van der Waals surface area contributed by atoms with Crippen LogP contribution >= 0.6 is 0 Å². The van der Waals surface area contributed by atoms with Crippen molar-refractivity contribution >= 4 is 17.7 Å². The predicted molar refractivity (Wildman–Crippen MR) is 119 cm³/mol. The van der Waals surface area contributed by atoms with Gasteiger partial charge in [0, 0.05) is 24.7 Å². The number of carbonyl (C=O) groups is 3. The first-order chi connectivity index (χ1) is 16.0. The third-order valence-electron chi connectivity index (χ3n) is 6.24. The number of nitrogens with zero attached hydrogens (tertiary/aromatic N) is 1. The monoisotopic (exact) mass is 455 g/mol. The summed E-state index contributed by atoms with van der Waals surface area (Å²) in [5, 5.41) is 5.91. The van der Waals surface area contributed by atoms with Crippen molar-refractivity contribution in [2.45, 2.75) is 45.2 Å². The molecule has 1 aromatic heterocycles. The maximum absolute atomic E-state index is 13.1. The van der Waals surface area contributed by atoms with Crippen molar-refractivity contribution in [1.29, 1.82) is 0 Å². The van der Waals surface area contributed by atoms with E-state index in [0.717, 1.165) is 6.42 Å². The molecule has 2 atom stereocenters. The number of amides is 3. The van der Waals surface area contributed by atoms with Gasteiger partial charge >= 0.3 is 0 Å². The fourth-order valence-corrected chi connectivity index (χ4v) is 4.09. The van der Waals surface area contributed by atoms with Crippen LogP contribution in [0.4, 0.5) is 0 Å². The fourth-order valence-electron chi connectivity index (χ4n) is 4.09. The summed E-state index contributed by atoms with van der Waals surface area (Å²) in [5.41, 5.74) is 0.394. The van der Waals surface area contributed by atoms with Crippen molar-refractivity contribution in [3.63, 3.8) is 0 Å². The lowest BCUT2D eigenvalue weighted by Gasteiger charge is -2.35. The summed E-state index contributed by atoms with van der Waals surface area (Å²) in [6.07, 6.45) is 3.44. The Morgan fingerprint density at radius 3 is 2.55 bits per heavy atom. The van der Waals surface area contributed by atoms with E-state index < -0.39 is 6.04 Å². The zero-order chi connectivity index (χ0) is 23.4. The maximum Gasteiger partial charge on any atom is 0.289 e. The van der Waals surface area contributed by atoms with Crippen LogP contribution in [0.2, 0.25) is 0 Å². The van der Waals surface area contributed by atoms with Gasteiger partial charge < -0.3 is 29.4 Å². The molecule has 0 bridgehead atoms. The predicted octanol–water partition coefficient (Wildman–Crippen LogP) is 2.57. The number of hydrogen-bond acceptors (Lipinski definition) is 6. The van der Waals surface area contributed by atoms with Crippen molar-refractivity contribution in [3.05, 3.63) is 47.9 Å². The minimum absolute atomic E-state index is 0.0111. The molecule has 176 valence electrons. The Morgan fingerprint density at radius 1 is 1.09 bits per heavy atom.